The fourth-order valence-corrected chi connectivity index (χ4v) is 2.63. The fraction of sp³-hybridized carbons (Fsp3) is 0.368. The molecule has 1 aromatic heterocycles. The molecule has 0 fully saturated rings. The lowest BCUT2D eigenvalue weighted by Gasteiger charge is -2.15. The van der Waals surface area contributed by atoms with E-state index in [0.29, 0.717) is 19.0 Å². The zero-order valence-corrected chi connectivity index (χ0v) is 15.7. The van der Waals surface area contributed by atoms with Gasteiger partial charge in [-0.05, 0) is 31.5 Å². The Bertz CT molecular complexity index is 802. The van der Waals surface area contributed by atoms with Gasteiger partial charge in [-0.15, -0.1) is 0 Å². The Kier molecular flexibility index (Phi) is 6.65. The van der Waals surface area contributed by atoms with E-state index in [9.17, 15) is 13.2 Å². The maximum absolute atomic E-state index is 12.6. The second kappa shape index (κ2) is 8.75. The second-order valence-electron chi connectivity index (χ2n) is 6.02. The molecule has 1 aromatic carbocycles. The molecule has 0 radical (unpaired) electrons. The van der Waals surface area contributed by atoms with Crippen LogP contribution in [0.15, 0.2) is 35.5 Å². The average molecular weight is 380 g/mol. The average Bonchev–Trinajstić information content (AvgIpc) is 2.63. The number of nitrogens with zero attached hydrogens (tertiary/aromatic N) is 2. The smallest absolute Gasteiger partial charge is 0.416 e. The summed E-state index contributed by atoms with van der Waals surface area (Å²) < 4.78 is 43.2. The Morgan fingerprint density at radius 3 is 2.30 bits per heavy atom. The highest BCUT2D eigenvalue weighted by Gasteiger charge is 2.29. The highest BCUT2D eigenvalue weighted by Crippen LogP contribution is 2.29. The van der Waals surface area contributed by atoms with E-state index < -0.39 is 11.7 Å². The molecule has 0 bridgehead atoms. The van der Waals surface area contributed by atoms with Gasteiger partial charge in [0.2, 0.25) is 0 Å². The van der Waals surface area contributed by atoms with Crippen molar-refractivity contribution < 1.29 is 17.9 Å². The SMILES string of the molecule is CN=C(NCc1ccc(C(F)(F)F)cc1)NCc1ncc(C)c(OC)c1C. The molecule has 2 N–H and O–H groups in total. The van der Waals surface area contributed by atoms with Crippen LogP contribution in [0.1, 0.15) is 27.9 Å². The molecule has 0 saturated heterocycles. The van der Waals surface area contributed by atoms with Gasteiger partial charge in [-0.3, -0.25) is 9.98 Å². The van der Waals surface area contributed by atoms with Gasteiger partial charge in [0.1, 0.15) is 5.75 Å². The highest BCUT2D eigenvalue weighted by molar-refractivity contribution is 5.79. The maximum Gasteiger partial charge on any atom is 0.416 e. The van der Waals surface area contributed by atoms with Crippen LogP contribution in [0.25, 0.3) is 0 Å². The summed E-state index contributed by atoms with van der Waals surface area (Å²) in [5.74, 6) is 1.32. The number of alkyl halides is 3. The molecule has 1 heterocycles. The van der Waals surface area contributed by atoms with Crippen molar-refractivity contribution in [3.63, 3.8) is 0 Å². The van der Waals surface area contributed by atoms with E-state index in [1.165, 1.54) is 12.1 Å². The number of hydrogen-bond donors (Lipinski definition) is 2. The highest BCUT2D eigenvalue weighted by atomic mass is 19.4. The van der Waals surface area contributed by atoms with Crippen LogP contribution >= 0.6 is 0 Å². The van der Waals surface area contributed by atoms with Gasteiger partial charge in [0, 0.05) is 30.9 Å². The molecule has 146 valence electrons. The lowest BCUT2D eigenvalue weighted by molar-refractivity contribution is -0.137. The van der Waals surface area contributed by atoms with Gasteiger partial charge in [0.15, 0.2) is 5.96 Å². The van der Waals surface area contributed by atoms with Crippen LogP contribution in [0.2, 0.25) is 0 Å². The van der Waals surface area contributed by atoms with Crippen molar-refractivity contribution in [1.82, 2.24) is 15.6 Å². The number of nitrogens with one attached hydrogen (secondary N) is 2. The Balaban J connectivity index is 1.95. The summed E-state index contributed by atoms with van der Waals surface area (Å²) in [6.07, 6.45) is -2.58. The third-order valence-corrected chi connectivity index (χ3v) is 4.14. The zero-order valence-electron chi connectivity index (χ0n) is 15.7. The van der Waals surface area contributed by atoms with Crippen LogP contribution < -0.4 is 15.4 Å². The number of benzene rings is 1. The van der Waals surface area contributed by atoms with Gasteiger partial charge in [-0.25, -0.2) is 0 Å². The number of guanidine groups is 1. The summed E-state index contributed by atoms with van der Waals surface area (Å²) >= 11 is 0. The number of pyridine rings is 1. The first-order chi connectivity index (χ1) is 12.8. The number of ether oxygens (including phenoxy) is 1. The van der Waals surface area contributed by atoms with E-state index >= 15 is 0 Å². The van der Waals surface area contributed by atoms with Crippen LogP contribution in [-0.4, -0.2) is 25.1 Å². The van der Waals surface area contributed by atoms with Crippen LogP contribution in [0.3, 0.4) is 0 Å². The predicted molar refractivity (Wildman–Crippen MR) is 98.7 cm³/mol. The summed E-state index contributed by atoms with van der Waals surface area (Å²) in [6.45, 7) is 4.66. The van der Waals surface area contributed by atoms with Crippen molar-refractivity contribution in [2.24, 2.45) is 4.99 Å². The Hall–Kier alpha value is -2.77. The molecule has 0 unspecified atom stereocenters. The molecule has 2 aromatic rings. The molecule has 0 spiro atoms. The molecule has 5 nitrogen and oxygen atoms in total. The molecule has 8 heteroatoms. The van der Waals surface area contributed by atoms with Gasteiger partial charge < -0.3 is 15.4 Å². The van der Waals surface area contributed by atoms with Gasteiger partial charge in [-0.1, -0.05) is 12.1 Å². The molecule has 2 rings (SSSR count). The van der Waals surface area contributed by atoms with Crippen LogP contribution in [0.4, 0.5) is 13.2 Å². The minimum absolute atomic E-state index is 0.349. The number of hydrogen-bond acceptors (Lipinski definition) is 3. The first-order valence-corrected chi connectivity index (χ1v) is 8.36. The van der Waals surface area contributed by atoms with E-state index in [0.717, 1.165) is 40.3 Å². The minimum atomic E-state index is -4.33. The lowest BCUT2D eigenvalue weighted by atomic mass is 10.1. The Labute approximate surface area is 156 Å². The van der Waals surface area contributed by atoms with E-state index in [1.54, 1.807) is 20.4 Å². The number of aromatic nitrogens is 1. The van der Waals surface area contributed by atoms with Gasteiger partial charge >= 0.3 is 6.18 Å². The third kappa shape index (κ3) is 5.35. The Morgan fingerprint density at radius 1 is 1.11 bits per heavy atom. The largest absolute Gasteiger partial charge is 0.496 e. The summed E-state index contributed by atoms with van der Waals surface area (Å²) in [5, 5.41) is 6.22. The van der Waals surface area contributed by atoms with E-state index in [4.69, 9.17) is 4.74 Å². The molecule has 0 aliphatic heterocycles. The molecule has 0 aliphatic carbocycles. The zero-order chi connectivity index (χ0) is 20.0. The van der Waals surface area contributed by atoms with Crippen molar-refractivity contribution in [2.45, 2.75) is 33.1 Å². The number of aryl methyl sites for hydroxylation is 1. The van der Waals surface area contributed by atoms with Crippen molar-refractivity contribution in [2.75, 3.05) is 14.2 Å². The quantitative estimate of drug-likeness (QED) is 0.615. The lowest BCUT2D eigenvalue weighted by Crippen LogP contribution is -2.36. The Morgan fingerprint density at radius 2 is 1.74 bits per heavy atom. The summed E-state index contributed by atoms with van der Waals surface area (Å²) in [6, 6.07) is 5.03. The van der Waals surface area contributed by atoms with E-state index in [1.807, 2.05) is 13.8 Å². The van der Waals surface area contributed by atoms with Crippen LogP contribution in [0.5, 0.6) is 5.75 Å². The normalized spacial score (nSPS) is 12.0. The minimum Gasteiger partial charge on any atom is -0.496 e. The van der Waals surface area contributed by atoms with E-state index in [2.05, 4.69) is 20.6 Å². The van der Waals surface area contributed by atoms with Gasteiger partial charge in [0.05, 0.1) is 24.9 Å². The second-order valence-corrected chi connectivity index (χ2v) is 6.02. The molecule has 0 aliphatic rings. The fourth-order valence-electron chi connectivity index (χ4n) is 2.63. The molecule has 0 atom stereocenters. The topological polar surface area (TPSA) is 58.5 Å². The number of halogens is 3. The van der Waals surface area contributed by atoms with Gasteiger partial charge in [-0.2, -0.15) is 13.2 Å². The first-order valence-electron chi connectivity index (χ1n) is 8.36. The predicted octanol–water partition coefficient (Wildman–Crippen LogP) is 3.59. The molecular formula is C19H23F3N4O. The molecule has 0 amide bonds. The van der Waals surface area contributed by atoms with Crippen molar-refractivity contribution in [3.8, 4) is 5.75 Å². The molecular weight excluding hydrogens is 357 g/mol. The number of rotatable bonds is 5. The van der Waals surface area contributed by atoms with E-state index in [-0.39, 0.29) is 0 Å². The van der Waals surface area contributed by atoms with Gasteiger partial charge in [0.25, 0.3) is 0 Å². The van der Waals surface area contributed by atoms with Crippen LogP contribution in [-0.2, 0) is 19.3 Å². The maximum atomic E-state index is 12.6. The molecule has 0 saturated carbocycles. The molecule has 27 heavy (non-hydrogen) atoms. The van der Waals surface area contributed by atoms with Crippen molar-refractivity contribution >= 4 is 5.96 Å². The summed E-state index contributed by atoms with van der Waals surface area (Å²) in [7, 11) is 3.25. The standard InChI is InChI=1S/C19H23F3N4O/c1-12-9-24-16(13(2)17(12)27-4)11-26-18(23-3)25-10-14-5-7-15(8-6-14)19(20,21)22/h5-9H,10-11H2,1-4H3,(H2,23,25,26). The summed E-state index contributed by atoms with van der Waals surface area (Å²) in [4.78, 5) is 8.53. The summed E-state index contributed by atoms with van der Waals surface area (Å²) in [5.41, 5.74) is 2.79. The first kappa shape index (κ1) is 20.5. The number of aliphatic imine (C=N–C) groups is 1. The number of methoxy groups -OCH3 is 1. The third-order valence-electron chi connectivity index (χ3n) is 4.14. The van der Waals surface area contributed by atoms with Crippen molar-refractivity contribution in [3.05, 3.63) is 58.4 Å². The van der Waals surface area contributed by atoms with Crippen molar-refractivity contribution in [1.29, 1.82) is 0 Å². The monoisotopic (exact) mass is 380 g/mol. The van der Waals surface area contributed by atoms with Crippen LogP contribution in [0, 0.1) is 13.8 Å².